The molecule has 1 rings (SSSR count). The summed E-state index contributed by atoms with van der Waals surface area (Å²) in [6.45, 7) is 3.31. The van der Waals surface area contributed by atoms with E-state index in [0.29, 0.717) is 0 Å². The number of alkyl halides is 3. The molecular weight excluding hydrogens is 189 g/mol. The van der Waals surface area contributed by atoms with E-state index in [2.05, 4.69) is 0 Å². The molecule has 0 N–H and O–H groups in total. The molecule has 3 unspecified atom stereocenters. The molecule has 1 aliphatic carbocycles. The summed E-state index contributed by atoms with van der Waals surface area (Å²) in [7, 11) is 0. The van der Waals surface area contributed by atoms with Crippen LogP contribution in [0.5, 0.6) is 0 Å². The van der Waals surface area contributed by atoms with Gasteiger partial charge in [-0.2, -0.15) is 13.2 Å². The lowest BCUT2D eigenvalue weighted by Crippen LogP contribution is -2.31. The van der Waals surface area contributed by atoms with Crippen molar-refractivity contribution < 1.29 is 13.2 Å². The summed E-state index contributed by atoms with van der Waals surface area (Å²) in [5.41, 5.74) is 0. The second kappa shape index (κ2) is 4.54. The van der Waals surface area contributed by atoms with Gasteiger partial charge in [-0.1, -0.05) is 39.5 Å². The van der Waals surface area contributed by atoms with E-state index < -0.39 is 12.1 Å². The first-order valence-corrected chi connectivity index (χ1v) is 5.49. The Balaban J connectivity index is 2.63. The van der Waals surface area contributed by atoms with Gasteiger partial charge >= 0.3 is 6.18 Å². The van der Waals surface area contributed by atoms with Crippen molar-refractivity contribution in [2.75, 3.05) is 0 Å². The summed E-state index contributed by atoms with van der Waals surface area (Å²) in [6.07, 6.45) is 0.874. The summed E-state index contributed by atoms with van der Waals surface area (Å²) >= 11 is 0. The van der Waals surface area contributed by atoms with Crippen LogP contribution in [0.3, 0.4) is 0 Å². The Morgan fingerprint density at radius 1 is 1.07 bits per heavy atom. The monoisotopic (exact) mass is 208 g/mol. The van der Waals surface area contributed by atoms with Crippen LogP contribution in [0.15, 0.2) is 0 Å². The molecule has 3 heteroatoms. The molecule has 0 aromatic carbocycles. The minimum Gasteiger partial charge on any atom is -0.171 e. The first-order chi connectivity index (χ1) is 6.43. The summed E-state index contributed by atoms with van der Waals surface area (Å²) in [5.74, 6) is -1.05. The molecule has 0 saturated heterocycles. The number of hydrogen-bond donors (Lipinski definition) is 0. The van der Waals surface area contributed by atoms with Gasteiger partial charge in [0.25, 0.3) is 0 Å². The maximum atomic E-state index is 12.5. The van der Waals surface area contributed by atoms with E-state index in [-0.39, 0.29) is 11.8 Å². The highest BCUT2D eigenvalue weighted by atomic mass is 19.4. The Morgan fingerprint density at radius 3 is 2.21 bits per heavy atom. The minimum absolute atomic E-state index is 0.155. The number of rotatable bonds is 1. The predicted octanol–water partition coefficient (Wildman–Crippen LogP) is 4.40. The van der Waals surface area contributed by atoms with Crippen LogP contribution < -0.4 is 0 Å². The van der Waals surface area contributed by atoms with E-state index in [1.807, 2.05) is 6.92 Å². The van der Waals surface area contributed by atoms with E-state index in [4.69, 9.17) is 0 Å². The predicted molar refractivity (Wildman–Crippen MR) is 51.0 cm³/mol. The molecule has 3 atom stereocenters. The highest BCUT2D eigenvalue weighted by Crippen LogP contribution is 2.41. The van der Waals surface area contributed by atoms with Crippen molar-refractivity contribution in [1.82, 2.24) is 0 Å². The third-order valence-electron chi connectivity index (χ3n) is 3.59. The van der Waals surface area contributed by atoms with Crippen LogP contribution in [-0.2, 0) is 0 Å². The van der Waals surface area contributed by atoms with E-state index in [9.17, 15) is 13.2 Å². The van der Waals surface area contributed by atoms with Crippen molar-refractivity contribution in [2.24, 2.45) is 17.8 Å². The standard InChI is InChI=1S/C11H19F3/c1-8-6-4-3-5-7-10(8)9(2)11(12,13)14/h8-10H,3-7H2,1-2H3. The van der Waals surface area contributed by atoms with Gasteiger partial charge in [-0.05, 0) is 18.3 Å². The zero-order valence-electron chi connectivity index (χ0n) is 8.90. The van der Waals surface area contributed by atoms with Gasteiger partial charge < -0.3 is 0 Å². The smallest absolute Gasteiger partial charge is 0.171 e. The van der Waals surface area contributed by atoms with Crippen LogP contribution in [0.25, 0.3) is 0 Å². The van der Waals surface area contributed by atoms with Gasteiger partial charge in [0, 0.05) is 0 Å². The third-order valence-corrected chi connectivity index (χ3v) is 3.59. The molecule has 14 heavy (non-hydrogen) atoms. The first-order valence-electron chi connectivity index (χ1n) is 5.49. The topological polar surface area (TPSA) is 0 Å². The van der Waals surface area contributed by atoms with Crippen molar-refractivity contribution in [1.29, 1.82) is 0 Å². The molecule has 0 bridgehead atoms. The van der Waals surface area contributed by atoms with Crippen molar-refractivity contribution in [3.63, 3.8) is 0 Å². The SMILES string of the molecule is CC1CCCCCC1C(C)C(F)(F)F. The zero-order chi connectivity index (χ0) is 10.8. The van der Waals surface area contributed by atoms with Crippen molar-refractivity contribution in [2.45, 2.75) is 52.1 Å². The highest BCUT2D eigenvalue weighted by Gasteiger charge is 2.42. The lowest BCUT2D eigenvalue weighted by atomic mass is 9.80. The second-order valence-electron chi connectivity index (χ2n) is 4.61. The largest absolute Gasteiger partial charge is 0.391 e. The Labute approximate surface area is 83.9 Å². The molecule has 1 fully saturated rings. The molecule has 0 aromatic heterocycles. The number of hydrogen-bond acceptors (Lipinski definition) is 0. The minimum atomic E-state index is -4.01. The Bertz CT molecular complexity index is 174. The first kappa shape index (κ1) is 11.9. The molecule has 0 amide bonds. The fourth-order valence-corrected chi connectivity index (χ4v) is 2.51. The van der Waals surface area contributed by atoms with Crippen molar-refractivity contribution in [3.8, 4) is 0 Å². The van der Waals surface area contributed by atoms with Crippen LogP contribution in [0.2, 0.25) is 0 Å². The van der Waals surface area contributed by atoms with E-state index in [1.54, 1.807) is 0 Å². The summed E-state index contributed by atoms with van der Waals surface area (Å²) in [4.78, 5) is 0. The van der Waals surface area contributed by atoms with Gasteiger partial charge in [-0.3, -0.25) is 0 Å². The third kappa shape index (κ3) is 2.89. The number of halogens is 3. The van der Waals surface area contributed by atoms with Crippen LogP contribution in [0.4, 0.5) is 13.2 Å². The molecule has 1 aliphatic rings. The molecule has 0 heterocycles. The normalized spacial score (nSPS) is 32.4. The maximum absolute atomic E-state index is 12.5. The van der Waals surface area contributed by atoms with E-state index in [0.717, 1.165) is 32.1 Å². The quantitative estimate of drug-likeness (QED) is 0.560. The van der Waals surface area contributed by atoms with Gasteiger partial charge in [0.15, 0.2) is 0 Å². The molecule has 0 aliphatic heterocycles. The van der Waals surface area contributed by atoms with Crippen LogP contribution in [0, 0.1) is 17.8 Å². The van der Waals surface area contributed by atoms with Gasteiger partial charge in [0.1, 0.15) is 0 Å². The molecule has 0 radical (unpaired) electrons. The lowest BCUT2D eigenvalue weighted by Gasteiger charge is -2.29. The molecule has 1 saturated carbocycles. The maximum Gasteiger partial charge on any atom is 0.391 e. The Morgan fingerprint density at radius 2 is 1.64 bits per heavy atom. The molecule has 0 spiro atoms. The average Bonchev–Trinajstić information content (AvgIpc) is 2.27. The average molecular weight is 208 g/mol. The molecule has 0 aromatic rings. The summed E-state index contributed by atoms with van der Waals surface area (Å²) in [6, 6.07) is 0. The van der Waals surface area contributed by atoms with Gasteiger partial charge in [-0.25, -0.2) is 0 Å². The van der Waals surface area contributed by atoms with Gasteiger partial charge in [0.05, 0.1) is 5.92 Å². The highest BCUT2D eigenvalue weighted by molar-refractivity contribution is 4.79. The lowest BCUT2D eigenvalue weighted by molar-refractivity contribution is -0.188. The van der Waals surface area contributed by atoms with Gasteiger partial charge in [-0.15, -0.1) is 0 Å². The molecule has 0 nitrogen and oxygen atoms in total. The van der Waals surface area contributed by atoms with E-state index >= 15 is 0 Å². The van der Waals surface area contributed by atoms with Crippen LogP contribution in [-0.4, -0.2) is 6.18 Å². The summed E-state index contributed by atoms with van der Waals surface area (Å²) in [5, 5.41) is 0. The van der Waals surface area contributed by atoms with Crippen molar-refractivity contribution in [3.05, 3.63) is 0 Å². The second-order valence-corrected chi connectivity index (χ2v) is 4.61. The van der Waals surface area contributed by atoms with E-state index in [1.165, 1.54) is 6.92 Å². The molecule has 84 valence electrons. The van der Waals surface area contributed by atoms with Gasteiger partial charge in [0.2, 0.25) is 0 Å². The molecular formula is C11H19F3. The zero-order valence-corrected chi connectivity index (χ0v) is 8.90. The van der Waals surface area contributed by atoms with Crippen LogP contribution in [0.1, 0.15) is 46.0 Å². The summed E-state index contributed by atoms with van der Waals surface area (Å²) < 4.78 is 37.6. The Kier molecular flexibility index (Phi) is 3.85. The Hall–Kier alpha value is -0.210. The fourth-order valence-electron chi connectivity index (χ4n) is 2.51. The van der Waals surface area contributed by atoms with Crippen molar-refractivity contribution >= 4 is 0 Å². The fraction of sp³-hybridized carbons (Fsp3) is 1.00. The van der Waals surface area contributed by atoms with Crippen LogP contribution >= 0.6 is 0 Å².